The molecule has 3 aromatic heterocycles. The van der Waals surface area contributed by atoms with Crippen molar-refractivity contribution in [2.24, 2.45) is 28.6 Å². The first kappa shape index (κ1) is 28.2. The predicted octanol–water partition coefficient (Wildman–Crippen LogP) is 5.96. The van der Waals surface area contributed by atoms with Gasteiger partial charge in [-0.2, -0.15) is 10.1 Å². The minimum atomic E-state index is -1.49. The number of ketones is 1. The summed E-state index contributed by atoms with van der Waals surface area (Å²) in [6.45, 7) is 6.49. The fraction of sp³-hybridized carbons (Fsp3) is 0.486. The Balaban J connectivity index is 1.06. The maximum absolute atomic E-state index is 13.8. The van der Waals surface area contributed by atoms with Gasteiger partial charge in [0, 0.05) is 11.6 Å². The summed E-state index contributed by atoms with van der Waals surface area (Å²) in [7, 11) is 0. The van der Waals surface area contributed by atoms with Crippen LogP contribution in [0.1, 0.15) is 62.8 Å². The number of carbonyl (C=O) groups excluding carboxylic acids is 1. The SMILES string of the molecule is Cc1ccccc1-n1ncc2c1C=C1CCC3C([C@@H](O)CC4(C)C3CC[C@]4(O)C(=O)CSc3nc4ncccc4o3)C1(C)C2. The van der Waals surface area contributed by atoms with Gasteiger partial charge in [-0.05, 0) is 104 Å². The molecule has 44 heavy (non-hydrogen) atoms. The number of hydrogen-bond donors (Lipinski definition) is 2. The maximum Gasteiger partial charge on any atom is 0.258 e. The van der Waals surface area contributed by atoms with Crippen molar-refractivity contribution in [2.45, 2.75) is 76.2 Å². The highest BCUT2D eigenvalue weighted by Gasteiger charge is 2.68. The van der Waals surface area contributed by atoms with Crippen LogP contribution >= 0.6 is 11.8 Å². The van der Waals surface area contributed by atoms with E-state index >= 15 is 0 Å². The number of carbonyl (C=O) groups is 1. The second-order valence-electron chi connectivity index (χ2n) is 14.0. The Morgan fingerprint density at radius 3 is 2.84 bits per heavy atom. The van der Waals surface area contributed by atoms with E-state index in [0.29, 0.717) is 29.3 Å². The van der Waals surface area contributed by atoms with Crippen molar-refractivity contribution in [1.82, 2.24) is 19.7 Å². The first-order valence-electron chi connectivity index (χ1n) is 15.7. The van der Waals surface area contributed by atoms with Crippen molar-refractivity contribution < 1.29 is 19.4 Å². The molecule has 2 N–H and O–H groups in total. The van der Waals surface area contributed by atoms with Gasteiger partial charge in [-0.25, -0.2) is 9.67 Å². The maximum atomic E-state index is 13.8. The summed E-state index contributed by atoms with van der Waals surface area (Å²) in [5, 5.41) is 29.3. The molecular weight excluding hydrogens is 572 g/mol. The third-order valence-corrected chi connectivity index (χ3v) is 12.7. The summed E-state index contributed by atoms with van der Waals surface area (Å²) in [5.41, 5.74) is 4.72. The highest BCUT2D eigenvalue weighted by molar-refractivity contribution is 7.99. The number of aliphatic hydroxyl groups is 2. The summed E-state index contributed by atoms with van der Waals surface area (Å²) in [6.07, 6.45) is 9.73. The number of aromatic nitrogens is 4. The van der Waals surface area contributed by atoms with E-state index in [1.807, 2.05) is 6.20 Å². The molecule has 4 aliphatic carbocycles. The normalized spacial score (nSPS) is 34.2. The third-order valence-electron chi connectivity index (χ3n) is 11.9. The average molecular weight is 611 g/mol. The number of aryl methyl sites for hydroxylation is 1. The second kappa shape index (κ2) is 9.86. The fourth-order valence-corrected chi connectivity index (χ4v) is 10.5. The number of thioether (sulfide) groups is 1. The van der Waals surface area contributed by atoms with Gasteiger partial charge in [0.2, 0.25) is 0 Å². The van der Waals surface area contributed by atoms with Crippen molar-refractivity contribution in [1.29, 1.82) is 0 Å². The lowest BCUT2D eigenvalue weighted by atomic mass is 9.45. The summed E-state index contributed by atoms with van der Waals surface area (Å²) in [6, 6.07) is 11.9. The Morgan fingerprint density at radius 1 is 1.18 bits per heavy atom. The monoisotopic (exact) mass is 610 g/mol. The molecule has 0 amide bonds. The number of oxazole rings is 1. The fourth-order valence-electron chi connectivity index (χ4n) is 9.70. The molecule has 9 heteroatoms. The molecule has 5 unspecified atom stereocenters. The Bertz CT molecular complexity index is 1800. The first-order valence-corrected chi connectivity index (χ1v) is 16.7. The lowest BCUT2D eigenvalue weighted by Gasteiger charge is -2.60. The van der Waals surface area contributed by atoms with E-state index in [1.54, 1.807) is 18.3 Å². The minimum absolute atomic E-state index is 0.0636. The highest BCUT2D eigenvalue weighted by Crippen LogP contribution is 2.67. The van der Waals surface area contributed by atoms with Crippen LogP contribution in [0.15, 0.2) is 64.0 Å². The molecule has 8 nitrogen and oxygen atoms in total. The van der Waals surface area contributed by atoms with Gasteiger partial charge in [-0.1, -0.05) is 49.4 Å². The lowest BCUT2D eigenvalue weighted by molar-refractivity contribution is -0.177. The lowest BCUT2D eigenvalue weighted by Crippen LogP contribution is -2.62. The molecule has 4 aromatic rings. The molecule has 4 aliphatic rings. The van der Waals surface area contributed by atoms with Crippen molar-refractivity contribution in [3.8, 4) is 5.69 Å². The molecule has 0 aliphatic heterocycles. The van der Waals surface area contributed by atoms with Crippen molar-refractivity contribution >= 4 is 34.9 Å². The Morgan fingerprint density at radius 2 is 2.02 bits per heavy atom. The molecule has 0 spiro atoms. The van der Waals surface area contributed by atoms with Crippen LogP contribution in [0.4, 0.5) is 0 Å². The molecular formula is C35H38N4O4S. The first-order chi connectivity index (χ1) is 21.1. The largest absolute Gasteiger partial charge is 0.430 e. The van der Waals surface area contributed by atoms with Crippen LogP contribution in [0.2, 0.25) is 0 Å². The number of benzene rings is 1. The van der Waals surface area contributed by atoms with Crippen LogP contribution in [-0.2, 0) is 11.2 Å². The highest BCUT2D eigenvalue weighted by atomic mass is 32.2. The average Bonchev–Trinajstić information content (AvgIpc) is 3.68. The Labute approximate surface area is 261 Å². The Kier molecular flexibility index (Phi) is 6.33. The van der Waals surface area contributed by atoms with E-state index < -0.39 is 17.1 Å². The Hall–Kier alpha value is -3.27. The number of nitrogens with zero attached hydrogens (tertiary/aromatic N) is 4. The topological polar surface area (TPSA) is 114 Å². The van der Waals surface area contributed by atoms with E-state index in [-0.39, 0.29) is 34.7 Å². The number of hydrogen-bond acceptors (Lipinski definition) is 8. The summed E-state index contributed by atoms with van der Waals surface area (Å²) >= 11 is 1.21. The number of allylic oxidation sites excluding steroid dienone is 1. The molecule has 0 bridgehead atoms. The van der Waals surface area contributed by atoms with Gasteiger partial charge in [0.05, 0.1) is 29.4 Å². The van der Waals surface area contributed by atoms with E-state index in [1.165, 1.54) is 28.5 Å². The smallest absolute Gasteiger partial charge is 0.258 e. The molecule has 8 rings (SSSR count). The minimum Gasteiger partial charge on any atom is -0.430 e. The molecule has 3 saturated carbocycles. The van der Waals surface area contributed by atoms with Crippen molar-refractivity contribution in [2.75, 3.05) is 5.75 Å². The third kappa shape index (κ3) is 3.91. The zero-order chi connectivity index (χ0) is 30.4. The van der Waals surface area contributed by atoms with Crippen molar-refractivity contribution in [3.05, 3.63) is 71.2 Å². The zero-order valence-corrected chi connectivity index (χ0v) is 26.2. The van der Waals surface area contributed by atoms with Crippen LogP contribution in [0.3, 0.4) is 0 Å². The number of aliphatic hydroxyl groups excluding tert-OH is 1. The summed E-state index contributed by atoms with van der Waals surface area (Å²) in [4.78, 5) is 22.4. The predicted molar refractivity (Wildman–Crippen MR) is 168 cm³/mol. The molecule has 0 saturated heterocycles. The van der Waals surface area contributed by atoms with Gasteiger partial charge in [-0.3, -0.25) is 4.79 Å². The van der Waals surface area contributed by atoms with Crippen molar-refractivity contribution in [3.63, 3.8) is 0 Å². The molecule has 3 heterocycles. The number of para-hydroxylation sites is 1. The number of fused-ring (bicyclic) bond motifs is 7. The quantitative estimate of drug-likeness (QED) is 0.266. The van der Waals surface area contributed by atoms with Gasteiger partial charge in [0.1, 0.15) is 5.60 Å². The van der Waals surface area contributed by atoms with E-state index in [9.17, 15) is 15.0 Å². The molecule has 0 radical (unpaired) electrons. The van der Waals surface area contributed by atoms with E-state index in [0.717, 1.165) is 37.1 Å². The van der Waals surface area contributed by atoms with Gasteiger partial charge < -0.3 is 14.6 Å². The number of Topliss-reactive ketones (excluding diaryl/α,β-unsaturated/α-hetero) is 1. The van der Waals surface area contributed by atoms with E-state index in [2.05, 4.69) is 65.8 Å². The summed E-state index contributed by atoms with van der Waals surface area (Å²) < 4.78 is 7.82. The molecule has 1 aromatic carbocycles. The van der Waals surface area contributed by atoms with Crippen LogP contribution in [0.25, 0.3) is 23.0 Å². The van der Waals surface area contributed by atoms with Crippen LogP contribution in [0.5, 0.6) is 0 Å². The zero-order valence-electron chi connectivity index (χ0n) is 25.4. The van der Waals surface area contributed by atoms with Crippen LogP contribution in [0, 0.1) is 35.5 Å². The second-order valence-corrected chi connectivity index (χ2v) is 14.9. The molecule has 3 fully saturated rings. The number of pyridine rings is 1. The van der Waals surface area contributed by atoms with Gasteiger partial charge in [0.15, 0.2) is 17.0 Å². The van der Waals surface area contributed by atoms with Gasteiger partial charge >= 0.3 is 0 Å². The van der Waals surface area contributed by atoms with Gasteiger partial charge in [0.25, 0.3) is 5.22 Å². The van der Waals surface area contributed by atoms with Gasteiger partial charge in [-0.15, -0.1) is 0 Å². The number of rotatable bonds is 5. The molecule has 228 valence electrons. The standard InChI is InChI=1S/C35H38N4O4S/c1-20-7-4-5-8-25(20)39-26-15-22-10-11-23-24-12-13-35(42,29(41)19-44-32-38-31-28(43-32)9-6-14-36-31)34(24,3)17-27(40)30(23)33(22,2)16-21(26)18-37-39/h4-9,14-15,18,23-24,27,30,40,42H,10-13,16-17,19H2,1-3H3/t23?,24?,27-,30?,33?,34?,35-/m0/s1. The van der Waals surface area contributed by atoms with E-state index in [4.69, 9.17) is 9.52 Å². The van der Waals surface area contributed by atoms with Crippen LogP contribution < -0.4 is 0 Å². The van der Waals surface area contributed by atoms with Crippen LogP contribution in [-0.4, -0.2) is 53.2 Å². The summed E-state index contributed by atoms with van der Waals surface area (Å²) in [5.74, 6) is 0.319. The molecule has 7 atom stereocenters.